The van der Waals surface area contributed by atoms with Crippen LogP contribution in [0.25, 0.3) is 0 Å². The van der Waals surface area contributed by atoms with Gasteiger partial charge >= 0.3 is 0 Å². The average molecular weight is 228 g/mol. The van der Waals surface area contributed by atoms with Gasteiger partial charge in [0.2, 0.25) is 0 Å². The van der Waals surface area contributed by atoms with Crippen molar-refractivity contribution in [3.05, 3.63) is 47.5 Å². The molecule has 2 heterocycles. The number of nitrogen functional groups attached to an aromatic ring is 1. The van der Waals surface area contributed by atoms with Crippen molar-refractivity contribution in [3.8, 4) is 0 Å². The number of nitrogens with two attached hydrogens (primary N) is 1. The molecule has 1 aliphatic rings. The third-order valence-electron chi connectivity index (χ3n) is 3.51. The van der Waals surface area contributed by atoms with Crippen molar-refractivity contribution in [2.75, 3.05) is 5.73 Å². The Balaban J connectivity index is 1.85. The van der Waals surface area contributed by atoms with Gasteiger partial charge in [-0.2, -0.15) is 0 Å². The summed E-state index contributed by atoms with van der Waals surface area (Å²) in [5, 5.41) is 0. The first-order valence-corrected chi connectivity index (χ1v) is 5.85. The van der Waals surface area contributed by atoms with E-state index in [2.05, 4.69) is 27.9 Å². The van der Waals surface area contributed by atoms with Gasteiger partial charge in [-0.3, -0.25) is 4.90 Å². The number of anilines is 1. The third kappa shape index (κ3) is 1.70. The molecule has 2 aromatic rings. The van der Waals surface area contributed by atoms with E-state index in [0.717, 1.165) is 24.6 Å². The fraction of sp³-hybridized carbons (Fsp3) is 0.308. The van der Waals surface area contributed by atoms with Crippen LogP contribution in [0.1, 0.15) is 29.9 Å². The zero-order valence-electron chi connectivity index (χ0n) is 9.85. The predicted octanol–water partition coefficient (Wildman–Crippen LogP) is 2.07. The normalized spacial score (nSPS) is 17.0. The minimum absolute atomic E-state index is 0.289. The van der Waals surface area contributed by atoms with E-state index < -0.39 is 0 Å². The fourth-order valence-corrected chi connectivity index (χ4v) is 2.43. The van der Waals surface area contributed by atoms with Crippen LogP contribution in [0, 0.1) is 0 Å². The van der Waals surface area contributed by atoms with Crippen LogP contribution in [-0.4, -0.2) is 14.9 Å². The van der Waals surface area contributed by atoms with Gasteiger partial charge in [-0.15, -0.1) is 0 Å². The minimum atomic E-state index is 0.289. The number of imidazole rings is 1. The number of H-pyrrole nitrogens is 1. The maximum atomic E-state index is 6.00. The van der Waals surface area contributed by atoms with Crippen LogP contribution in [0.3, 0.4) is 0 Å². The number of nitrogens with one attached hydrogen (secondary N) is 1. The number of fused-ring (bicyclic) bond motifs is 1. The van der Waals surface area contributed by atoms with Crippen LogP contribution < -0.4 is 5.73 Å². The van der Waals surface area contributed by atoms with Gasteiger partial charge in [0.1, 0.15) is 5.82 Å². The molecule has 0 spiro atoms. The maximum Gasteiger partial charge on any atom is 0.123 e. The van der Waals surface area contributed by atoms with Crippen LogP contribution in [0.4, 0.5) is 5.69 Å². The number of rotatable bonds is 2. The smallest absolute Gasteiger partial charge is 0.123 e. The number of benzene rings is 1. The van der Waals surface area contributed by atoms with Crippen molar-refractivity contribution in [1.29, 1.82) is 0 Å². The Morgan fingerprint density at radius 1 is 1.41 bits per heavy atom. The second-order valence-corrected chi connectivity index (χ2v) is 4.54. The van der Waals surface area contributed by atoms with Crippen molar-refractivity contribution >= 4 is 5.69 Å². The highest BCUT2D eigenvalue weighted by Crippen LogP contribution is 2.32. The van der Waals surface area contributed by atoms with Crippen molar-refractivity contribution in [2.45, 2.75) is 26.1 Å². The Morgan fingerprint density at radius 3 is 3.00 bits per heavy atom. The lowest BCUT2D eigenvalue weighted by atomic mass is 10.1. The maximum absolute atomic E-state index is 6.00. The van der Waals surface area contributed by atoms with Crippen molar-refractivity contribution in [3.63, 3.8) is 0 Å². The Kier molecular flexibility index (Phi) is 2.37. The van der Waals surface area contributed by atoms with E-state index in [4.69, 9.17) is 5.73 Å². The lowest BCUT2D eigenvalue weighted by Gasteiger charge is -2.21. The van der Waals surface area contributed by atoms with Crippen molar-refractivity contribution in [2.24, 2.45) is 0 Å². The minimum Gasteiger partial charge on any atom is -0.398 e. The topological polar surface area (TPSA) is 57.9 Å². The largest absolute Gasteiger partial charge is 0.398 e. The number of aromatic nitrogens is 2. The van der Waals surface area contributed by atoms with Crippen LogP contribution in [0.5, 0.6) is 0 Å². The zero-order chi connectivity index (χ0) is 11.8. The highest BCUT2D eigenvalue weighted by molar-refractivity contribution is 5.52. The number of aromatic amines is 1. The van der Waals surface area contributed by atoms with Gasteiger partial charge in [0.15, 0.2) is 0 Å². The molecule has 0 saturated carbocycles. The summed E-state index contributed by atoms with van der Waals surface area (Å²) >= 11 is 0. The first kappa shape index (κ1) is 10.4. The summed E-state index contributed by atoms with van der Waals surface area (Å²) in [5.41, 5.74) is 9.51. The number of hydrogen-bond acceptors (Lipinski definition) is 3. The molecule has 0 fully saturated rings. The summed E-state index contributed by atoms with van der Waals surface area (Å²) in [5.74, 6) is 1.01. The zero-order valence-corrected chi connectivity index (χ0v) is 9.85. The van der Waals surface area contributed by atoms with Crippen LogP contribution in [0.2, 0.25) is 0 Å². The molecule has 17 heavy (non-hydrogen) atoms. The van der Waals surface area contributed by atoms with Gasteiger partial charge in [-0.1, -0.05) is 12.1 Å². The molecule has 0 bridgehead atoms. The van der Waals surface area contributed by atoms with E-state index >= 15 is 0 Å². The summed E-state index contributed by atoms with van der Waals surface area (Å²) < 4.78 is 0. The summed E-state index contributed by atoms with van der Waals surface area (Å²) in [6, 6.07) is 6.44. The molecule has 1 aromatic carbocycles. The van der Waals surface area contributed by atoms with E-state index in [-0.39, 0.29) is 6.04 Å². The Labute approximate surface area is 100 Å². The molecule has 0 radical (unpaired) electrons. The van der Waals surface area contributed by atoms with Gasteiger partial charge < -0.3 is 10.7 Å². The average Bonchev–Trinajstić information content (AvgIpc) is 2.98. The van der Waals surface area contributed by atoms with Gasteiger partial charge in [0.25, 0.3) is 0 Å². The molecule has 3 N–H and O–H groups in total. The monoisotopic (exact) mass is 228 g/mol. The van der Waals surface area contributed by atoms with E-state index in [1.54, 1.807) is 6.20 Å². The lowest BCUT2D eigenvalue weighted by molar-refractivity contribution is 0.208. The molecule has 3 rings (SSSR count). The molecule has 0 aliphatic carbocycles. The standard InChI is InChI=1S/C13H16N4/c1-9(13-15-5-6-16-13)17-7-10-3-2-4-12(14)11(10)8-17/h2-6,9H,7-8,14H2,1H3,(H,15,16). The molecule has 1 atom stereocenters. The highest BCUT2D eigenvalue weighted by atomic mass is 15.2. The molecule has 0 saturated heterocycles. The van der Waals surface area contributed by atoms with Gasteiger partial charge in [-0.25, -0.2) is 4.98 Å². The SMILES string of the molecule is CC(c1ncc[nH]1)N1Cc2cccc(N)c2C1. The molecule has 4 nitrogen and oxygen atoms in total. The van der Waals surface area contributed by atoms with Crippen molar-refractivity contribution in [1.82, 2.24) is 14.9 Å². The molecule has 1 aromatic heterocycles. The van der Waals surface area contributed by atoms with E-state index in [1.807, 2.05) is 18.3 Å². The molecule has 0 amide bonds. The summed E-state index contributed by atoms with van der Waals surface area (Å²) in [7, 11) is 0. The fourth-order valence-electron chi connectivity index (χ4n) is 2.43. The summed E-state index contributed by atoms with van der Waals surface area (Å²) in [4.78, 5) is 9.86. The van der Waals surface area contributed by atoms with Crippen LogP contribution in [0.15, 0.2) is 30.6 Å². The molecular weight excluding hydrogens is 212 g/mol. The number of hydrogen-bond donors (Lipinski definition) is 2. The highest BCUT2D eigenvalue weighted by Gasteiger charge is 2.26. The third-order valence-corrected chi connectivity index (χ3v) is 3.51. The Bertz CT molecular complexity index is 518. The molecular formula is C13H16N4. The van der Waals surface area contributed by atoms with E-state index in [0.29, 0.717) is 0 Å². The van der Waals surface area contributed by atoms with Crippen LogP contribution >= 0.6 is 0 Å². The molecule has 1 aliphatic heterocycles. The number of nitrogens with zero attached hydrogens (tertiary/aromatic N) is 2. The van der Waals surface area contributed by atoms with Crippen LogP contribution in [-0.2, 0) is 13.1 Å². The quantitative estimate of drug-likeness (QED) is 0.774. The van der Waals surface area contributed by atoms with E-state index in [1.165, 1.54) is 11.1 Å². The molecule has 4 heteroatoms. The Morgan fingerprint density at radius 2 is 2.29 bits per heavy atom. The molecule has 1 unspecified atom stereocenters. The second-order valence-electron chi connectivity index (χ2n) is 4.54. The predicted molar refractivity (Wildman–Crippen MR) is 67.1 cm³/mol. The Hall–Kier alpha value is -1.81. The van der Waals surface area contributed by atoms with E-state index in [9.17, 15) is 0 Å². The molecule has 88 valence electrons. The first-order chi connectivity index (χ1) is 8.25. The second kappa shape index (κ2) is 3.89. The van der Waals surface area contributed by atoms with Gasteiger partial charge in [0.05, 0.1) is 6.04 Å². The first-order valence-electron chi connectivity index (χ1n) is 5.85. The van der Waals surface area contributed by atoms with Gasteiger partial charge in [-0.05, 0) is 24.1 Å². The summed E-state index contributed by atoms with van der Waals surface area (Å²) in [6.45, 7) is 4.02. The lowest BCUT2D eigenvalue weighted by Crippen LogP contribution is -2.21. The van der Waals surface area contributed by atoms with Crippen molar-refractivity contribution < 1.29 is 0 Å². The van der Waals surface area contributed by atoms with Gasteiger partial charge in [0, 0.05) is 31.2 Å². The summed E-state index contributed by atoms with van der Waals surface area (Å²) in [6.07, 6.45) is 3.66.